The van der Waals surface area contributed by atoms with Crippen LogP contribution >= 0.6 is 0 Å². The summed E-state index contributed by atoms with van der Waals surface area (Å²) in [5, 5.41) is 2.73. The molecular formula is C21H23NO4. The monoisotopic (exact) mass is 353 g/mol. The summed E-state index contributed by atoms with van der Waals surface area (Å²) < 4.78 is 10.4. The number of amides is 1. The fourth-order valence-corrected chi connectivity index (χ4v) is 2.30. The summed E-state index contributed by atoms with van der Waals surface area (Å²) in [6.45, 7) is 3.60. The Morgan fingerprint density at radius 2 is 1.81 bits per heavy atom. The summed E-state index contributed by atoms with van der Waals surface area (Å²) in [6.07, 6.45) is 2.89. The molecule has 0 spiro atoms. The van der Waals surface area contributed by atoms with Crippen molar-refractivity contribution in [2.45, 2.75) is 26.4 Å². The Balaban J connectivity index is 1.90. The second-order valence-electron chi connectivity index (χ2n) is 5.69. The minimum Gasteiger partial charge on any atom is -0.496 e. The highest BCUT2D eigenvalue weighted by atomic mass is 16.5. The highest BCUT2D eigenvalue weighted by Gasteiger charge is 2.16. The maximum Gasteiger partial charge on any atom is 0.331 e. The lowest BCUT2D eigenvalue weighted by molar-refractivity contribution is -0.148. The molecule has 0 aliphatic carbocycles. The summed E-state index contributed by atoms with van der Waals surface area (Å²) in [4.78, 5) is 24.1. The zero-order valence-corrected chi connectivity index (χ0v) is 15.2. The Labute approximate surface area is 153 Å². The molecule has 2 aromatic carbocycles. The first-order chi connectivity index (χ1) is 12.5. The Bertz CT molecular complexity index is 781. The number of esters is 1. The lowest BCUT2D eigenvalue weighted by atomic mass is 10.1. The number of nitrogens with one attached hydrogen (secondary N) is 1. The van der Waals surface area contributed by atoms with Gasteiger partial charge in [0.05, 0.1) is 7.11 Å². The number of para-hydroxylation sites is 1. The van der Waals surface area contributed by atoms with E-state index in [9.17, 15) is 9.59 Å². The number of hydrogen-bond donors (Lipinski definition) is 1. The van der Waals surface area contributed by atoms with Crippen LogP contribution in [0.4, 0.5) is 5.69 Å². The molecule has 0 bridgehead atoms. The van der Waals surface area contributed by atoms with Gasteiger partial charge in [0.25, 0.3) is 5.91 Å². The fourth-order valence-electron chi connectivity index (χ4n) is 2.30. The number of carbonyl (C=O) groups is 2. The van der Waals surface area contributed by atoms with Crippen molar-refractivity contribution in [3.63, 3.8) is 0 Å². The Morgan fingerprint density at radius 3 is 2.46 bits per heavy atom. The molecule has 136 valence electrons. The molecule has 5 nitrogen and oxygen atoms in total. The van der Waals surface area contributed by atoms with Gasteiger partial charge in [-0.3, -0.25) is 4.79 Å². The smallest absolute Gasteiger partial charge is 0.331 e. The van der Waals surface area contributed by atoms with Crippen LogP contribution in [-0.2, 0) is 20.7 Å². The van der Waals surface area contributed by atoms with E-state index in [0.29, 0.717) is 11.4 Å². The molecule has 26 heavy (non-hydrogen) atoms. The summed E-state index contributed by atoms with van der Waals surface area (Å²) in [5.41, 5.74) is 2.60. The Morgan fingerprint density at radius 1 is 1.12 bits per heavy atom. The first-order valence-electron chi connectivity index (χ1n) is 8.45. The van der Waals surface area contributed by atoms with Crippen molar-refractivity contribution in [2.24, 2.45) is 0 Å². The average molecular weight is 353 g/mol. The SMILES string of the molecule is CCc1ccc(NC(=O)[C@H](C)OC(=O)/C=C/c2ccccc2OC)cc1. The van der Waals surface area contributed by atoms with Crippen LogP contribution in [0, 0.1) is 0 Å². The van der Waals surface area contributed by atoms with Gasteiger partial charge in [0.2, 0.25) is 0 Å². The second kappa shape index (κ2) is 9.42. The number of hydrogen-bond acceptors (Lipinski definition) is 4. The van der Waals surface area contributed by atoms with Gasteiger partial charge >= 0.3 is 5.97 Å². The Hall–Kier alpha value is -3.08. The fraction of sp³-hybridized carbons (Fsp3) is 0.238. The van der Waals surface area contributed by atoms with E-state index in [1.807, 2.05) is 42.5 Å². The molecule has 0 aliphatic heterocycles. The first kappa shape index (κ1) is 19.2. The molecule has 2 rings (SSSR count). The maximum atomic E-state index is 12.1. The molecule has 0 aliphatic rings. The van der Waals surface area contributed by atoms with Crippen molar-refractivity contribution >= 4 is 23.6 Å². The highest BCUT2D eigenvalue weighted by molar-refractivity contribution is 5.96. The summed E-state index contributed by atoms with van der Waals surface area (Å²) in [6, 6.07) is 14.8. The number of carbonyl (C=O) groups excluding carboxylic acids is 2. The Kier molecular flexibility index (Phi) is 6.97. The standard InChI is InChI=1S/C21H23NO4/c1-4-16-9-12-18(13-10-16)22-21(24)15(2)26-20(23)14-11-17-7-5-6-8-19(17)25-3/h5-15H,4H2,1-3H3,(H,22,24)/b14-11+/t15-/m0/s1. The molecule has 1 N–H and O–H groups in total. The molecule has 1 amide bonds. The molecule has 2 aromatic rings. The average Bonchev–Trinajstić information content (AvgIpc) is 2.67. The van der Waals surface area contributed by atoms with Crippen molar-refractivity contribution in [3.8, 4) is 5.75 Å². The van der Waals surface area contributed by atoms with E-state index < -0.39 is 12.1 Å². The van der Waals surface area contributed by atoms with Crippen molar-refractivity contribution in [3.05, 3.63) is 65.7 Å². The number of methoxy groups -OCH3 is 1. The number of anilines is 1. The van der Waals surface area contributed by atoms with E-state index in [1.54, 1.807) is 19.3 Å². The highest BCUT2D eigenvalue weighted by Crippen LogP contribution is 2.18. The lowest BCUT2D eigenvalue weighted by Gasteiger charge is -2.12. The van der Waals surface area contributed by atoms with Crippen LogP contribution in [0.2, 0.25) is 0 Å². The van der Waals surface area contributed by atoms with Crippen LogP contribution in [-0.4, -0.2) is 25.1 Å². The molecule has 0 saturated carbocycles. The van der Waals surface area contributed by atoms with E-state index in [4.69, 9.17) is 9.47 Å². The third-order valence-corrected chi connectivity index (χ3v) is 3.83. The zero-order valence-electron chi connectivity index (χ0n) is 15.2. The van der Waals surface area contributed by atoms with E-state index in [1.165, 1.54) is 18.6 Å². The predicted octanol–water partition coefficient (Wildman–Crippen LogP) is 3.84. The van der Waals surface area contributed by atoms with Crippen LogP contribution in [0.15, 0.2) is 54.6 Å². The van der Waals surface area contributed by atoms with Gasteiger partial charge in [-0.2, -0.15) is 0 Å². The quantitative estimate of drug-likeness (QED) is 0.607. The van der Waals surface area contributed by atoms with Gasteiger partial charge in [-0.25, -0.2) is 4.79 Å². The van der Waals surface area contributed by atoms with Crippen LogP contribution < -0.4 is 10.1 Å². The minimum atomic E-state index is -0.907. The minimum absolute atomic E-state index is 0.381. The number of ether oxygens (including phenoxy) is 2. The van der Waals surface area contributed by atoms with Crippen molar-refractivity contribution in [1.82, 2.24) is 0 Å². The zero-order chi connectivity index (χ0) is 18.9. The van der Waals surface area contributed by atoms with Gasteiger partial charge in [-0.05, 0) is 43.2 Å². The molecule has 0 heterocycles. The normalized spacial score (nSPS) is 11.8. The largest absolute Gasteiger partial charge is 0.496 e. The summed E-state index contributed by atoms with van der Waals surface area (Å²) in [5.74, 6) is -0.328. The molecule has 0 aromatic heterocycles. The third kappa shape index (κ3) is 5.48. The van der Waals surface area contributed by atoms with E-state index in [-0.39, 0.29) is 5.91 Å². The topological polar surface area (TPSA) is 64.6 Å². The maximum absolute atomic E-state index is 12.1. The van der Waals surface area contributed by atoms with Crippen LogP contribution in [0.1, 0.15) is 25.0 Å². The van der Waals surface area contributed by atoms with Gasteiger partial charge in [-0.15, -0.1) is 0 Å². The molecule has 0 radical (unpaired) electrons. The van der Waals surface area contributed by atoms with E-state index >= 15 is 0 Å². The lowest BCUT2D eigenvalue weighted by Crippen LogP contribution is -2.29. The third-order valence-electron chi connectivity index (χ3n) is 3.83. The molecular weight excluding hydrogens is 330 g/mol. The number of aryl methyl sites for hydroxylation is 1. The van der Waals surface area contributed by atoms with Gasteiger partial charge in [0.1, 0.15) is 5.75 Å². The number of benzene rings is 2. The predicted molar refractivity (Wildman–Crippen MR) is 102 cm³/mol. The van der Waals surface area contributed by atoms with Crippen LogP contribution in [0.3, 0.4) is 0 Å². The summed E-state index contributed by atoms with van der Waals surface area (Å²) >= 11 is 0. The molecule has 5 heteroatoms. The van der Waals surface area contributed by atoms with Crippen molar-refractivity contribution in [2.75, 3.05) is 12.4 Å². The summed E-state index contributed by atoms with van der Waals surface area (Å²) in [7, 11) is 1.56. The van der Waals surface area contributed by atoms with Crippen LogP contribution in [0.5, 0.6) is 5.75 Å². The molecule has 0 fully saturated rings. The van der Waals surface area contributed by atoms with Crippen LogP contribution in [0.25, 0.3) is 6.08 Å². The van der Waals surface area contributed by atoms with Gasteiger partial charge in [-0.1, -0.05) is 37.3 Å². The van der Waals surface area contributed by atoms with Gasteiger partial charge in [0.15, 0.2) is 6.10 Å². The number of rotatable bonds is 7. The molecule has 1 atom stereocenters. The van der Waals surface area contributed by atoms with E-state index in [0.717, 1.165) is 12.0 Å². The molecule has 0 saturated heterocycles. The van der Waals surface area contributed by atoms with Crippen molar-refractivity contribution in [1.29, 1.82) is 0 Å². The first-order valence-corrected chi connectivity index (χ1v) is 8.45. The molecule has 0 unspecified atom stereocenters. The van der Waals surface area contributed by atoms with E-state index in [2.05, 4.69) is 12.2 Å². The second-order valence-corrected chi connectivity index (χ2v) is 5.69. The van der Waals surface area contributed by atoms with Crippen molar-refractivity contribution < 1.29 is 19.1 Å². The van der Waals surface area contributed by atoms with Gasteiger partial charge in [0, 0.05) is 17.3 Å². The van der Waals surface area contributed by atoms with Gasteiger partial charge < -0.3 is 14.8 Å².